The summed E-state index contributed by atoms with van der Waals surface area (Å²) in [6, 6.07) is 7.53. The first-order valence-corrected chi connectivity index (χ1v) is 8.13. The molecule has 0 radical (unpaired) electrons. The van der Waals surface area contributed by atoms with E-state index >= 15 is 0 Å². The lowest BCUT2D eigenvalue weighted by molar-refractivity contribution is 0.602. The van der Waals surface area contributed by atoms with Crippen molar-refractivity contribution in [3.8, 4) is 5.69 Å². The number of nitrogens with zero attached hydrogens (tertiary/aromatic N) is 2. The van der Waals surface area contributed by atoms with Gasteiger partial charge in [0.1, 0.15) is 5.82 Å². The van der Waals surface area contributed by atoms with Gasteiger partial charge in [-0.05, 0) is 25.5 Å². The second-order valence-corrected chi connectivity index (χ2v) is 6.52. The summed E-state index contributed by atoms with van der Waals surface area (Å²) in [4.78, 5) is 0.0441. The Morgan fingerprint density at radius 2 is 2.00 bits per heavy atom. The van der Waals surface area contributed by atoms with E-state index < -0.39 is 9.84 Å². The van der Waals surface area contributed by atoms with Crippen LogP contribution in [0.2, 0.25) is 0 Å². The third-order valence-corrected chi connectivity index (χ3v) is 4.08. The van der Waals surface area contributed by atoms with E-state index in [1.165, 1.54) is 4.68 Å². The lowest BCUT2D eigenvalue weighted by Crippen LogP contribution is -2.07. The summed E-state index contributed by atoms with van der Waals surface area (Å²) in [5.41, 5.74) is 7.73. The van der Waals surface area contributed by atoms with Crippen molar-refractivity contribution in [2.24, 2.45) is 0 Å². The van der Waals surface area contributed by atoms with Crippen molar-refractivity contribution in [2.75, 3.05) is 23.9 Å². The lowest BCUT2D eigenvalue weighted by atomic mass is 10.2. The van der Waals surface area contributed by atoms with E-state index in [0.717, 1.165) is 17.5 Å². The monoisotopic (exact) mass is 294 g/mol. The van der Waals surface area contributed by atoms with Crippen LogP contribution in [0.5, 0.6) is 0 Å². The highest BCUT2D eigenvalue weighted by molar-refractivity contribution is 7.91. The Morgan fingerprint density at radius 3 is 2.55 bits per heavy atom. The van der Waals surface area contributed by atoms with Crippen LogP contribution in [0.15, 0.2) is 29.2 Å². The molecule has 1 aromatic heterocycles. The number of rotatable bonds is 4. The van der Waals surface area contributed by atoms with Crippen molar-refractivity contribution >= 4 is 21.5 Å². The highest BCUT2D eigenvalue weighted by Crippen LogP contribution is 2.30. The van der Waals surface area contributed by atoms with Gasteiger partial charge in [0.2, 0.25) is 0 Å². The number of benzene rings is 1. The Hall–Kier alpha value is -2.02. The topological polar surface area (TPSA) is 90.0 Å². The molecule has 0 fully saturated rings. The van der Waals surface area contributed by atoms with Crippen molar-refractivity contribution in [3.63, 3.8) is 0 Å². The van der Waals surface area contributed by atoms with E-state index in [0.29, 0.717) is 6.54 Å². The molecule has 0 aliphatic heterocycles. The molecular formula is C13H18N4O2S. The van der Waals surface area contributed by atoms with Crippen molar-refractivity contribution in [1.82, 2.24) is 9.78 Å². The number of aryl methyl sites for hydroxylation is 1. The summed E-state index contributed by atoms with van der Waals surface area (Å²) in [6.07, 6.45) is 1.13. The molecule has 1 aromatic carbocycles. The van der Waals surface area contributed by atoms with Crippen LogP contribution < -0.4 is 11.1 Å². The zero-order chi connectivity index (χ0) is 14.9. The molecule has 0 saturated heterocycles. The quantitative estimate of drug-likeness (QED) is 0.894. The summed E-state index contributed by atoms with van der Waals surface area (Å²) < 4.78 is 25.3. The summed E-state index contributed by atoms with van der Waals surface area (Å²) in [7, 11) is -3.46. The molecule has 1 heterocycles. The van der Waals surface area contributed by atoms with Gasteiger partial charge in [-0.3, -0.25) is 0 Å². The summed E-state index contributed by atoms with van der Waals surface area (Å²) >= 11 is 0. The van der Waals surface area contributed by atoms with Crippen LogP contribution in [0.3, 0.4) is 0 Å². The summed E-state index contributed by atoms with van der Waals surface area (Å²) in [5.74, 6) is 0.411. The number of hydrogen-bond donors (Lipinski definition) is 2. The molecule has 0 aliphatic rings. The average molecular weight is 294 g/mol. The molecule has 20 heavy (non-hydrogen) atoms. The van der Waals surface area contributed by atoms with Crippen molar-refractivity contribution in [1.29, 1.82) is 0 Å². The molecule has 0 spiro atoms. The van der Waals surface area contributed by atoms with Crippen LogP contribution in [0.25, 0.3) is 5.69 Å². The molecule has 0 bridgehead atoms. The van der Waals surface area contributed by atoms with Crippen LogP contribution in [-0.2, 0) is 9.84 Å². The Bertz CT molecular complexity index is 735. The van der Waals surface area contributed by atoms with Gasteiger partial charge in [-0.25, -0.2) is 13.1 Å². The van der Waals surface area contributed by atoms with Gasteiger partial charge in [0.15, 0.2) is 20.6 Å². The maximum Gasteiger partial charge on any atom is 0.182 e. The first-order valence-electron chi connectivity index (χ1n) is 6.24. The molecule has 0 saturated carbocycles. The number of aromatic nitrogens is 2. The van der Waals surface area contributed by atoms with Crippen LogP contribution in [0.4, 0.5) is 11.6 Å². The molecule has 3 N–H and O–H groups in total. The highest BCUT2D eigenvalue weighted by Gasteiger charge is 2.24. The molecule has 2 rings (SSSR count). The predicted octanol–water partition coefficient (Wildman–Crippen LogP) is 1.60. The van der Waals surface area contributed by atoms with Crippen LogP contribution >= 0.6 is 0 Å². The van der Waals surface area contributed by atoms with Crippen LogP contribution in [-0.4, -0.2) is 31.0 Å². The molecule has 108 valence electrons. The average Bonchev–Trinajstić information content (AvgIpc) is 2.67. The summed E-state index contributed by atoms with van der Waals surface area (Å²) in [5, 5.41) is 7.24. The molecule has 0 amide bonds. The van der Waals surface area contributed by atoms with E-state index in [4.69, 9.17) is 5.73 Å². The SMILES string of the molecule is CCNc1nn(-c2ccccc2C)c(N)c1S(C)(=O)=O. The van der Waals surface area contributed by atoms with E-state index in [9.17, 15) is 8.42 Å². The second-order valence-electron chi connectivity index (χ2n) is 4.56. The van der Waals surface area contributed by atoms with Gasteiger partial charge in [0, 0.05) is 12.8 Å². The molecule has 2 aromatic rings. The van der Waals surface area contributed by atoms with Gasteiger partial charge in [-0.2, -0.15) is 0 Å². The van der Waals surface area contributed by atoms with Gasteiger partial charge in [-0.1, -0.05) is 18.2 Å². The predicted molar refractivity (Wildman–Crippen MR) is 80.0 cm³/mol. The maximum atomic E-state index is 11.9. The number of nitrogen functional groups attached to an aromatic ring is 1. The minimum atomic E-state index is -3.46. The molecular weight excluding hydrogens is 276 g/mol. The van der Waals surface area contributed by atoms with E-state index in [-0.39, 0.29) is 16.5 Å². The molecule has 0 aliphatic carbocycles. The Balaban J connectivity index is 2.72. The first kappa shape index (κ1) is 14.4. The van der Waals surface area contributed by atoms with Gasteiger partial charge in [-0.15, -0.1) is 5.10 Å². The number of hydrogen-bond acceptors (Lipinski definition) is 5. The highest BCUT2D eigenvalue weighted by atomic mass is 32.2. The standard InChI is InChI=1S/C13H18N4O2S/c1-4-15-13-11(20(3,18)19)12(14)17(16-13)10-8-6-5-7-9(10)2/h5-8H,4,14H2,1-3H3,(H,15,16). The maximum absolute atomic E-state index is 11.9. The fourth-order valence-corrected chi connectivity index (χ4v) is 2.98. The minimum absolute atomic E-state index is 0.0441. The largest absolute Gasteiger partial charge is 0.382 e. The van der Waals surface area contributed by atoms with Crippen molar-refractivity contribution in [2.45, 2.75) is 18.7 Å². The third kappa shape index (κ3) is 2.49. The number of sulfone groups is 1. The fourth-order valence-electron chi connectivity index (χ4n) is 2.05. The van der Waals surface area contributed by atoms with Gasteiger partial charge < -0.3 is 11.1 Å². The number of nitrogens with two attached hydrogens (primary N) is 1. The normalized spacial score (nSPS) is 11.6. The lowest BCUT2D eigenvalue weighted by Gasteiger charge is -2.07. The number of anilines is 2. The molecule has 7 heteroatoms. The van der Waals surface area contributed by atoms with Crippen LogP contribution in [0, 0.1) is 6.92 Å². The Morgan fingerprint density at radius 1 is 1.35 bits per heavy atom. The van der Waals surface area contributed by atoms with E-state index in [1.807, 2.05) is 38.1 Å². The second kappa shape index (κ2) is 5.16. The van der Waals surface area contributed by atoms with E-state index in [1.54, 1.807) is 0 Å². The number of nitrogens with one attached hydrogen (secondary N) is 1. The smallest absolute Gasteiger partial charge is 0.182 e. The zero-order valence-electron chi connectivity index (χ0n) is 11.7. The van der Waals surface area contributed by atoms with Gasteiger partial charge in [0.05, 0.1) is 5.69 Å². The zero-order valence-corrected chi connectivity index (χ0v) is 12.5. The van der Waals surface area contributed by atoms with Crippen molar-refractivity contribution in [3.05, 3.63) is 29.8 Å². The van der Waals surface area contributed by atoms with E-state index in [2.05, 4.69) is 10.4 Å². The third-order valence-electron chi connectivity index (χ3n) is 2.93. The Labute approximate surface area is 118 Å². The molecule has 0 atom stereocenters. The number of para-hydroxylation sites is 1. The van der Waals surface area contributed by atoms with Crippen LogP contribution in [0.1, 0.15) is 12.5 Å². The van der Waals surface area contributed by atoms with Gasteiger partial charge >= 0.3 is 0 Å². The summed E-state index contributed by atoms with van der Waals surface area (Å²) in [6.45, 7) is 4.35. The molecule has 6 nitrogen and oxygen atoms in total. The minimum Gasteiger partial charge on any atom is -0.382 e. The first-order chi connectivity index (χ1) is 9.36. The fraction of sp³-hybridized carbons (Fsp3) is 0.308. The Kier molecular flexibility index (Phi) is 3.71. The van der Waals surface area contributed by atoms with Gasteiger partial charge in [0.25, 0.3) is 0 Å². The van der Waals surface area contributed by atoms with Crippen molar-refractivity contribution < 1.29 is 8.42 Å². The molecule has 0 unspecified atom stereocenters.